The number of piperidine rings is 1. The van der Waals surface area contributed by atoms with Crippen LogP contribution in [-0.4, -0.2) is 48.9 Å². The fourth-order valence-electron chi connectivity index (χ4n) is 3.36. The molecule has 1 atom stereocenters. The Kier molecular flexibility index (Phi) is 3.32. The Morgan fingerprint density at radius 3 is 2.83 bits per heavy atom. The molecule has 1 saturated carbocycles. The molecule has 8 heteroatoms. The van der Waals surface area contributed by atoms with Crippen LogP contribution in [0.25, 0.3) is 0 Å². The zero-order valence-electron chi connectivity index (χ0n) is 13.1. The highest BCUT2D eigenvalue weighted by Gasteiger charge is 2.34. The van der Waals surface area contributed by atoms with E-state index in [1.807, 2.05) is 18.1 Å². The van der Waals surface area contributed by atoms with Gasteiger partial charge in [-0.15, -0.1) is 0 Å². The van der Waals surface area contributed by atoms with E-state index in [9.17, 15) is 9.59 Å². The molecule has 1 saturated heterocycles. The van der Waals surface area contributed by atoms with Crippen molar-refractivity contribution < 1.29 is 4.79 Å². The van der Waals surface area contributed by atoms with Crippen LogP contribution in [0, 0.1) is 0 Å². The summed E-state index contributed by atoms with van der Waals surface area (Å²) in [6, 6.07) is 0. The first-order valence-corrected chi connectivity index (χ1v) is 8.09. The summed E-state index contributed by atoms with van der Waals surface area (Å²) >= 11 is 0. The molecule has 2 aromatic heterocycles. The Labute approximate surface area is 132 Å². The number of nitrogens with one attached hydrogen (secondary N) is 2. The molecule has 2 N–H and O–H groups in total. The molecule has 0 unspecified atom stereocenters. The van der Waals surface area contributed by atoms with Crippen molar-refractivity contribution in [3.63, 3.8) is 0 Å². The van der Waals surface area contributed by atoms with E-state index in [4.69, 9.17) is 0 Å². The third-order valence-electron chi connectivity index (χ3n) is 4.67. The zero-order chi connectivity index (χ0) is 16.0. The van der Waals surface area contributed by atoms with E-state index in [1.54, 1.807) is 4.68 Å². The first-order valence-electron chi connectivity index (χ1n) is 8.09. The van der Waals surface area contributed by atoms with Gasteiger partial charge in [0.1, 0.15) is 5.82 Å². The number of H-pyrrole nitrogens is 2. The molecule has 0 bridgehead atoms. The molecule has 4 rings (SSSR count). The van der Waals surface area contributed by atoms with Gasteiger partial charge in [-0.1, -0.05) is 0 Å². The molecule has 1 amide bonds. The number of aryl methyl sites for hydroxylation is 1. The lowest BCUT2D eigenvalue weighted by atomic mass is 9.96. The number of carbonyl (C=O) groups excluding carboxylic acids is 1. The number of rotatable bonds is 3. The molecule has 2 fully saturated rings. The maximum absolute atomic E-state index is 12.9. The van der Waals surface area contributed by atoms with Crippen molar-refractivity contribution in [3.05, 3.63) is 33.8 Å². The van der Waals surface area contributed by atoms with Crippen molar-refractivity contribution in [2.75, 3.05) is 13.1 Å². The number of amides is 1. The summed E-state index contributed by atoms with van der Waals surface area (Å²) in [7, 11) is 1.86. The van der Waals surface area contributed by atoms with Gasteiger partial charge in [-0.05, 0) is 25.7 Å². The van der Waals surface area contributed by atoms with Crippen LogP contribution in [0.1, 0.15) is 59.4 Å². The average molecular weight is 316 g/mol. The molecular weight excluding hydrogens is 296 g/mol. The molecule has 122 valence electrons. The van der Waals surface area contributed by atoms with Gasteiger partial charge in [0.2, 0.25) is 0 Å². The molecule has 2 aromatic rings. The van der Waals surface area contributed by atoms with Crippen molar-refractivity contribution in [1.29, 1.82) is 0 Å². The lowest BCUT2D eigenvalue weighted by Crippen LogP contribution is -2.39. The quantitative estimate of drug-likeness (QED) is 0.872. The Hall–Kier alpha value is -2.38. The van der Waals surface area contributed by atoms with Gasteiger partial charge < -0.3 is 4.90 Å². The predicted molar refractivity (Wildman–Crippen MR) is 82.3 cm³/mol. The van der Waals surface area contributed by atoms with E-state index in [0.717, 1.165) is 43.5 Å². The van der Waals surface area contributed by atoms with Crippen LogP contribution in [0.15, 0.2) is 11.0 Å². The van der Waals surface area contributed by atoms with Crippen molar-refractivity contribution in [3.8, 4) is 0 Å². The highest BCUT2D eigenvalue weighted by molar-refractivity contribution is 5.95. The maximum atomic E-state index is 12.9. The number of hydrogen-bond donors (Lipinski definition) is 2. The van der Waals surface area contributed by atoms with E-state index >= 15 is 0 Å². The lowest BCUT2D eigenvalue weighted by Gasteiger charge is -2.31. The van der Waals surface area contributed by atoms with Crippen LogP contribution in [0.3, 0.4) is 0 Å². The first-order chi connectivity index (χ1) is 11.1. The summed E-state index contributed by atoms with van der Waals surface area (Å²) in [4.78, 5) is 28.7. The highest BCUT2D eigenvalue weighted by atomic mass is 16.2. The standard InChI is InChI=1S/C15H20N6O2/c1-20-8-11(12(19-20)9-4-5-9)14(22)21-6-2-3-10(7-21)13-16-15(23)18-17-13/h8-10H,2-7H2,1H3,(H2,16,17,18,23)/t10-/m0/s1. The van der Waals surface area contributed by atoms with E-state index in [2.05, 4.69) is 20.3 Å². The molecule has 1 aliphatic carbocycles. The van der Waals surface area contributed by atoms with Crippen LogP contribution in [0.5, 0.6) is 0 Å². The predicted octanol–water partition coefficient (Wildman–Crippen LogP) is 0.729. The number of nitrogens with zero attached hydrogens (tertiary/aromatic N) is 4. The Morgan fingerprint density at radius 1 is 1.30 bits per heavy atom. The summed E-state index contributed by atoms with van der Waals surface area (Å²) in [5.41, 5.74) is 1.37. The van der Waals surface area contributed by atoms with Crippen molar-refractivity contribution in [1.82, 2.24) is 29.9 Å². The highest BCUT2D eigenvalue weighted by Crippen LogP contribution is 2.41. The van der Waals surface area contributed by atoms with Crippen LogP contribution in [-0.2, 0) is 7.05 Å². The fourth-order valence-corrected chi connectivity index (χ4v) is 3.36. The van der Waals surface area contributed by atoms with Crippen LogP contribution in [0.2, 0.25) is 0 Å². The van der Waals surface area contributed by atoms with Crippen LogP contribution < -0.4 is 5.69 Å². The van der Waals surface area contributed by atoms with E-state index < -0.39 is 0 Å². The summed E-state index contributed by atoms with van der Waals surface area (Å²) in [5.74, 6) is 1.20. The fraction of sp³-hybridized carbons (Fsp3) is 0.600. The normalized spacial score (nSPS) is 21.6. The third-order valence-corrected chi connectivity index (χ3v) is 4.67. The number of carbonyl (C=O) groups is 1. The van der Waals surface area contributed by atoms with Gasteiger partial charge in [0, 0.05) is 38.2 Å². The third kappa shape index (κ3) is 2.69. The molecule has 8 nitrogen and oxygen atoms in total. The van der Waals surface area contributed by atoms with Gasteiger partial charge in [-0.3, -0.25) is 14.5 Å². The van der Waals surface area contributed by atoms with E-state index in [-0.39, 0.29) is 17.5 Å². The maximum Gasteiger partial charge on any atom is 0.340 e. The monoisotopic (exact) mass is 316 g/mol. The van der Waals surface area contributed by atoms with Gasteiger partial charge in [0.15, 0.2) is 0 Å². The van der Waals surface area contributed by atoms with Crippen molar-refractivity contribution >= 4 is 5.91 Å². The van der Waals surface area contributed by atoms with Gasteiger partial charge in [0.25, 0.3) is 5.91 Å². The number of likely N-dealkylation sites (tertiary alicyclic amines) is 1. The minimum Gasteiger partial charge on any atom is -0.338 e. The molecule has 1 aliphatic heterocycles. The second-order valence-electron chi connectivity index (χ2n) is 6.53. The molecule has 0 aromatic carbocycles. The zero-order valence-corrected chi connectivity index (χ0v) is 13.1. The summed E-state index contributed by atoms with van der Waals surface area (Å²) in [6.07, 6.45) is 5.90. The molecule has 3 heterocycles. The smallest absolute Gasteiger partial charge is 0.338 e. The summed E-state index contributed by atoms with van der Waals surface area (Å²) in [5, 5.41) is 10.9. The first kappa shape index (κ1) is 14.2. The second kappa shape index (κ2) is 5.36. The lowest BCUT2D eigenvalue weighted by molar-refractivity contribution is 0.0703. The largest absolute Gasteiger partial charge is 0.340 e. The molecule has 23 heavy (non-hydrogen) atoms. The van der Waals surface area contributed by atoms with Gasteiger partial charge in [0.05, 0.1) is 11.3 Å². The van der Waals surface area contributed by atoms with Crippen molar-refractivity contribution in [2.45, 2.75) is 37.5 Å². The molecular formula is C15H20N6O2. The van der Waals surface area contributed by atoms with E-state index in [0.29, 0.717) is 18.3 Å². The van der Waals surface area contributed by atoms with E-state index in [1.165, 1.54) is 0 Å². The van der Waals surface area contributed by atoms with Crippen LogP contribution in [0.4, 0.5) is 0 Å². The summed E-state index contributed by atoms with van der Waals surface area (Å²) < 4.78 is 1.73. The Morgan fingerprint density at radius 2 is 2.13 bits per heavy atom. The topological polar surface area (TPSA) is 99.7 Å². The molecule has 2 aliphatic rings. The average Bonchev–Trinajstić information content (AvgIpc) is 3.19. The van der Waals surface area contributed by atoms with Crippen LogP contribution >= 0.6 is 0 Å². The molecule has 0 radical (unpaired) electrons. The van der Waals surface area contributed by atoms with Crippen molar-refractivity contribution in [2.24, 2.45) is 7.05 Å². The number of aromatic amines is 2. The van der Waals surface area contributed by atoms with Gasteiger partial charge in [-0.25, -0.2) is 9.89 Å². The Balaban J connectivity index is 1.55. The minimum absolute atomic E-state index is 0.0441. The molecule has 0 spiro atoms. The Bertz CT molecular complexity index is 784. The second-order valence-corrected chi connectivity index (χ2v) is 6.53. The summed E-state index contributed by atoms with van der Waals surface area (Å²) in [6.45, 7) is 1.32. The number of aromatic nitrogens is 5. The van der Waals surface area contributed by atoms with Gasteiger partial charge in [-0.2, -0.15) is 10.2 Å². The number of hydrogen-bond acceptors (Lipinski definition) is 4. The van der Waals surface area contributed by atoms with Gasteiger partial charge >= 0.3 is 5.69 Å². The SMILES string of the molecule is Cn1cc(C(=O)N2CCC[C@H](c3n[nH]c(=O)[nH]3)C2)c(C2CC2)n1. The minimum atomic E-state index is -0.299.